The van der Waals surface area contributed by atoms with Gasteiger partial charge < -0.3 is 5.32 Å². The van der Waals surface area contributed by atoms with Crippen molar-refractivity contribution in [3.05, 3.63) is 60.0 Å². The number of thiophene rings is 1. The van der Waals surface area contributed by atoms with Crippen molar-refractivity contribution < 1.29 is 13.2 Å². The maximum absolute atomic E-state index is 12.2. The number of nitrogens with one attached hydrogen (secondary N) is 2. The third kappa shape index (κ3) is 4.61. The number of benzene rings is 2. The van der Waals surface area contributed by atoms with E-state index in [-0.39, 0.29) is 5.91 Å². The van der Waals surface area contributed by atoms with Crippen molar-refractivity contribution >= 4 is 38.6 Å². The second-order valence-corrected chi connectivity index (χ2v) is 9.85. The summed E-state index contributed by atoms with van der Waals surface area (Å²) in [5.74, 6) is -0.110. The zero-order valence-corrected chi connectivity index (χ0v) is 17.5. The number of rotatable bonds is 6. The molecule has 146 valence electrons. The Morgan fingerprint density at radius 2 is 1.64 bits per heavy atom. The number of amides is 1. The molecule has 0 saturated heterocycles. The summed E-state index contributed by atoms with van der Waals surface area (Å²) in [7, 11) is -3.40. The van der Waals surface area contributed by atoms with Crippen LogP contribution in [0.5, 0.6) is 0 Å². The first-order valence-electron chi connectivity index (χ1n) is 8.84. The lowest BCUT2D eigenvalue weighted by Gasteiger charge is -2.12. The molecule has 3 rings (SSSR count). The van der Waals surface area contributed by atoms with E-state index in [0.717, 1.165) is 27.3 Å². The zero-order valence-electron chi connectivity index (χ0n) is 15.9. The van der Waals surface area contributed by atoms with Crippen LogP contribution in [-0.2, 0) is 14.8 Å². The highest BCUT2D eigenvalue weighted by atomic mass is 32.2. The van der Waals surface area contributed by atoms with E-state index in [2.05, 4.69) is 10.0 Å². The van der Waals surface area contributed by atoms with Gasteiger partial charge in [-0.25, -0.2) is 8.42 Å². The summed E-state index contributed by atoms with van der Waals surface area (Å²) < 4.78 is 27.1. The predicted molar refractivity (Wildman–Crippen MR) is 117 cm³/mol. The molecule has 2 aromatic carbocycles. The molecule has 0 fully saturated rings. The van der Waals surface area contributed by atoms with Gasteiger partial charge in [-0.1, -0.05) is 36.4 Å². The van der Waals surface area contributed by atoms with Gasteiger partial charge in [-0.3, -0.25) is 9.52 Å². The maximum Gasteiger partial charge on any atom is 0.235 e. The zero-order chi connectivity index (χ0) is 20.3. The molecule has 0 bridgehead atoms. The molecule has 1 amide bonds. The van der Waals surface area contributed by atoms with E-state index in [1.165, 1.54) is 18.3 Å². The molecule has 0 spiro atoms. The van der Waals surface area contributed by atoms with Crippen LogP contribution in [0.2, 0.25) is 0 Å². The molecular weight excluding hydrogens is 392 g/mol. The summed E-state index contributed by atoms with van der Waals surface area (Å²) in [6.45, 7) is 4.78. The minimum Gasteiger partial charge on any atom is -0.326 e. The Balaban J connectivity index is 1.87. The molecule has 1 aromatic heterocycles. The SMILES string of the molecule is CC(=O)Nc1cccc(-c2ccc(-c3sccc3NS(=O)(=O)C(C)C)cc2)c1. The molecule has 0 aliphatic carbocycles. The van der Waals surface area contributed by atoms with E-state index in [0.29, 0.717) is 5.69 Å². The topological polar surface area (TPSA) is 75.3 Å². The lowest BCUT2D eigenvalue weighted by molar-refractivity contribution is -0.114. The largest absolute Gasteiger partial charge is 0.326 e. The highest BCUT2D eigenvalue weighted by molar-refractivity contribution is 7.93. The number of hydrogen-bond donors (Lipinski definition) is 2. The molecule has 28 heavy (non-hydrogen) atoms. The van der Waals surface area contributed by atoms with Crippen LogP contribution in [0.4, 0.5) is 11.4 Å². The van der Waals surface area contributed by atoms with E-state index in [4.69, 9.17) is 0 Å². The quantitative estimate of drug-likeness (QED) is 0.583. The summed E-state index contributed by atoms with van der Waals surface area (Å²) in [4.78, 5) is 12.1. The number of carbonyl (C=O) groups excluding carboxylic acids is 1. The van der Waals surface area contributed by atoms with Gasteiger partial charge in [0.05, 0.1) is 15.8 Å². The van der Waals surface area contributed by atoms with Crippen LogP contribution in [0.3, 0.4) is 0 Å². The van der Waals surface area contributed by atoms with Gasteiger partial charge in [-0.2, -0.15) is 0 Å². The van der Waals surface area contributed by atoms with Gasteiger partial charge in [0.25, 0.3) is 0 Å². The second-order valence-electron chi connectivity index (χ2n) is 6.70. The van der Waals surface area contributed by atoms with Crippen LogP contribution in [0.1, 0.15) is 20.8 Å². The summed E-state index contributed by atoms with van der Waals surface area (Å²) in [6.07, 6.45) is 0. The lowest BCUT2D eigenvalue weighted by atomic mass is 10.0. The third-order valence-corrected chi connectivity index (χ3v) is 6.91. The van der Waals surface area contributed by atoms with Crippen LogP contribution in [0.15, 0.2) is 60.0 Å². The monoisotopic (exact) mass is 414 g/mol. The van der Waals surface area contributed by atoms with E-state index in [1.807, 2.05) is 53.9 Å². The predicted octanol–water partition coefficient (Wildman–Crippen LogP) is 5.19. The molecule has 2 N–H and O–H groups in total. The van der Waals surface area contributed by atoms with Crippen molar-refractivity contribution in [3.63, 3.8) is 0 Å². The van der Waals surface area contributed by atoms with Crippen molar-refractivity contribution in [1.29, 1.82) is 0 Å². The van der Waals surface area contributed by atoms with Gasteiger partial charge in [0.2, 0.25) is 15.9 Å². The molecular formula is C21H22N2O3S2. The highest BCUT2D eigenvalue weighted by Crippen LogP contribution is 2.35. The van der Waals surface area contributed by atoms with Crippen molar-refractivity contribution in [2.45, 2.75) is 26.0 Å². The molecule has 0 saturated carbocycles. The molecule has 1 heterocycles. The molecule has 0 atom stereocenters. The average Bonchev–Trinajstić information content (AvgIpc) is 3.09. The Labute approximate surface area is 169 Å². The molecule has 0 aliphatic heterocycles. The third-order valence-electron chi connectivity index (χ3n) is 4.20. The fourth-order valence-electron chi connectivity index (χ4n) is 2.68. The van der Waals surface area contributed by atoms with Gasteiger partial charge in [0.1, 0.15) is 0 Å². The first-order chi connectivity index (χ1) is 13.3. The summed E-state index contributed by atoms with van der Waals surface area (Å²) in [5.41, 5.74) is 4.29. The van der Waals surface area contributed by atoms with Crippen LogP contribution >= 0.6 is 11.3 Å². The van der Waals surface area contributed by atoms with Gasteiger partial charge in [-0.05, 0) is 54.1 Å². The van der Waals surface area contributed by atoms with E-state index in [1.54, 1.807) is 19.9 Å². The van der Waals surface area contributed by atoms with Crippen molar-refractivity contribution in [2.24, 2.45) is 0 Å². The minimum atomic E-state index is -3.40. The number of sulfonamides is 1. The maximum atomic E-state index is 12.2. The average molecular weight is 415 g/mol. The van der Waals surface area contributed by atoms with E-state index >= 15 is 0 Å². The second kappa shape index (κ2) is 8.16. The molecule has 0 unspecified atom stereocenters. The number of carbonyl (C=O) groups is 1. The highest BCUT2D eigenvalue weighted by Gasteiger charge is 2.18. The minimum absolute atomic E-state index is 0.110. The number of hydrogen-bond acceptors (Lipinski definition) is 4. The van der Waals surface area contributed by atoms with Crippen molar-refractivity contribution in [3.8, 4) is 21.6 Å². The first kappa shape index (κ1) is 20.1. The molecule has 7 heteroatoms. The molecule has 5 nitrogen and oxygen atoms in total. The van der Waals surface area contributed by atoms with E-state index < -0.39 is 15.3 Å². The Morgan fingerprint density at radius 3 is 2.29 bits per heavy atom. The molecule has 0 aliphatic rings. The van der Waals surface area contributed by atoms with E-state index in [9.17, 15) is 13.2 Å². The van der Waals surface area contributed by atoms with Crippen LogP contribution in [0.25, 0.3) is 21.6 Å². The van der Waals surface area contributed by atoms with Gasteiger partial charge >= 0.3 is 0 Å². The fourth-order valence-corrected chi connectivity index (χ4v) is 4.31. The van der Waals surface area contributed by atoms with Gasteiger partial charge in [-0.15, -0.1) is 11.3 Å². The summed E-state index contributed by atoms with van der Waals surface area (Å²) in [5, 5.41) is 4.16. The first-order valence-corrected chi connectivity index (χ1v) is 11.3. The van der Waals surface area contributed by atoms with Crippen LogP contribution in [0, 0.1) is 0 Å². The van der Waals surface area contributed by atoms with Crippen LogP contribution < -0.4 is 10.0 Å². The van der Waals surface area contributed by atoms with Crippen LogP contribution in [-0.4, -0.2) is 19.6 Å². The van der Waals surface area contributed by atoms with Crippen molar-refractivity contribution in [2.75, 3.05) is 10.0 Å². The Morgan fingerprint density at radius 1 is 0.964 bits per heavy atom. The summed E-state index contributed by atoms with van der Waals surface area (Å²) >= 11 is 1.49. The Kier molecular flexibility index (Phi) is 5.86. The molecule has 3 aromatic rings. The van der Waals surface area contributed by atoms with Gasteiger partial charge in [0, 0.05) is 12.6 Å². The standard InChI is InChI=1S/C21H22N2O3S2/c1-14(2)28(25,26)23-20-11-12-27-21(20)17-9-7-16(8-10-17)18-5-4-6-19(13-18)22-15(3)24/h4-14,23H,1-3H3,(H,22,24). The summed E-state index contributed by atoms with van der Waals surface area (Å²) in [6, 6.07) is 17.3. The Hall–Kier alpha value is -2.64. The van der Waals surface area contributed by atoms with Gasteiger partial charge in [0.15, 0.2) is 0 Å². The molecule has 0 radical (unpaired) electrons. The normalized spacial score (nSPS) is 11.4. The fraction of sp³-hybridized carbons (Fsp3) is 0.190. The Bertz CT molecular complexity index is 1080. The lowest BCUT2D eigenvalue weighted by Crippen LogP contribution is -2.22. The number of anilines is 2. The van der Waals surface area contributed by atoms with Crippen molar-refractivity contribution in [1.82, 2.24) is 0 Å². The smallest absolute Gasteiger partial charge is 0.235 e.